The number of anilines is 2. The first-order valence-corrected chi connectivity index (χ1v) is 12.4. The number of nitrogens with one attached hydrogen (secondary N) is 2. The number of benzene rings is 1. The SMILES string of the molecule is O=C(C/C1=C/CCCNC2C=CC(Cl)=CC12)Nc1nc2cc(N3CCOCC3)ccc2s1. The number of hydrogen-bond acceptors (Lipinski definition) is 6. The lowest BCUT2D eigenvalue weighted by Gasteiger charge is -2.30. The van der Waals surface area contributed by atoms with Crippen LogP contribution in [0.3, 0.4) is 0 Å². The van der Waals surface area contributed by atoms with Gasteiger partial charge in [-0.15, -0.1) is 0 Å². The van der Waals surface area contributed by atoms with Crippen molar-refractivity contribution in [1.29, 1.82) is 0 Å². The standard InChI is InChI=1S/C24H27ClN4O2S/c25-17-4-6-20-19(14-17)16(3-1-2-8-26-20)13-23(30)28-24-27-21-15-18(5-7-22(21)32-24)29-9-11-31-12-10-29/h3-7,14-15,19-20,26H,1-2,8-13H2,(H,27,28,30)/b16-3-. The molecule has 2 N–H and O–H groups in total. The van der Waals surface area contributed by atoms with Gasteiger partial charge in [0, 0.05) is 42.2 Å². The first kappa shape index (κ1) is 21.6. The van der Waals surface area contributed by atoms with Gasteiger partial charge in [0.05, 0.1) is 23.4 Å². The molecule has 2 aliphatic heterocycles. The fraction of sp³-hybridized carbons (Fsp3) is 0.417. The number of fused-ring (bicyclic) bond motifs is 2. The van der Waals surface area contributed by atoms with Gasteiger partial charge in [-0.1, -0.05) is 46.7 Å². The van der Waals surface area contributed by atoms with Gasteiger partial charge in [0.25, 0.3) is 0 Å². The first-order valence-electron chi connectivity index (χ1n) is 11.2. The topological polar surface area (TPSA) is 66.5 Å². The third-order valence-electron chi connectivity index (χ3n) is 6.14. The number of hydrogen-bond donors (Lipinski definition) is 2. The fourth-order valence-corrected chi connectivity index (χ4v) is 5.57. The van der Waals surface area contributed by atoms with Crippen molar-refractivity contribution in [3.63, 3.8) is 0 Å². The van der Waals surface area contributed by atoms with E-state index < -0.39 is 0 Å². The molecule has 3 aliphatic rings. The lowest BCUT2D eigenvalue weighted by Crippen LogP contribution is -2.38. The summed E-state index contributed by atoms with van der Waals surface area (Å²) in [6.45, 7) is 4.24. The number of carbonyl (C=O) groups excluding carboxylic acids is 1. The monoisotopic (exact) mass is 470 g/mol. The Morgan fingerprint density at radius 3 is 3.09 bits per heavy atom. The molecule has 1 saturated heterocycles. The summed E-state index contributed by atoms with van der Waals surface area (Å²) in [7, 11) is 0. The molecule has 5 rings (SSSR count). The van der Waals surface area contributed by atoms with Crippen LogP contribution in [0.5, 0.6) is 0 Å². The van der Waals surface area contributed by atoms with Crippen LogP contribution in [0.4, 0.5) is 10.8 Å². The molecule has 168 valence electrons. The number of halogens is 1. The van der Waals surface area contributed by atoms with E-state index in [4.69, 9.17) is 16.3 Å². The van der Waals surface area contributed by atoms with E-state index in [0.717, 1.165) is 72.2 Å². The summed E-state index contributed by atoms with van der Waals surface area (Å²) in [5.41, 5.74) is 3.17. The van der Waals surface area contributed by atoms with Crippen LogP contribution < -0.4 is 15.5 Å². The molecule has 1 aromatic carbocycles. The summed E-state index contributed by atoms with van der Waals surface area (Å²) in [5.74, 6) is 0.0621. The van der Waals surface area contributed by atoms with E-state index >= 15 is 0 Å². The van der Waals surface area contributed by atoms with Crippen LogP contribution in [-0.2, 0) is 9.53 Å². The van der Waals surface area contributed by atoms with E-state index in [1.54, 1.807) is 0 Å². The van der Waals surface area contributed by atoms with E-state index in [-0.39, 0.29) is 17.9 Å². The molecule has 8 heteroatoms. The second kappa shape index (κ2) is 9.75. The molecule has 2 aromatic rings. The predicted molar refractivity (Wildman–Crippen MR) is 132 cm³/mol. The Kier molecular flexibility index (Phi) is 6.59. The zero-order chi connectivity index (χ0) is 21.9. The first-order chi connectivity index (χ1) is 15.7. The van der Waals surface area contributed by atoms with Gasteiger partial charge in [-0.25, -0.2) is 4.98 Å². The normalized spacial score (nSPS) is 25.3. The number of allylic oxidation sites excluding steroid dienone is 3. The van der Waals surface area contributed by atoms with Crippen molar-refractivity contribution >= 4 is 49.9 Å². The fourth-order valence-electron chi connectivity index (χ4n) is 4.50. The maximum Gasteiger partial charge on any atom is 0.230 e. The molecule has 0 bridgehead atoms. The predicted octanol–water partition coefficient (Wildman–Crippen LogP) is 4.45. The highest BCUT2D eigenvalue weighted by molar-refractivity contribution is 7.22. The molecule has 6 nitrogen and oxygen atoms in total. The van der Waals surface area contributed by atoms with Crippen molar-refractivity contribution < 1.29 is 9.53 Å². The zero-order valence-electron chi connectivity index (χ0n) is 17.9. The summed E-state index contributed by atoms with van der Waals surface area (Å²) in [6, 6.07) is 6.48. The minimum absolute atomic E-state index is 0.0397. The molecule has 1 aromatic heterocycles. The Balaban J connectivity index is 1.29. The second-order valence-electron chi connectivity index (χ2n) is 8.33. The van der Waals surface area contributed by atoms with Crippen molar-refractivity contribution in [1.82, 2.24) is 10.3 Å². The Labute approximate surface area is 197 Å². The number of aromatic nitrogens is 1. The van der Waals surface area contributed by atoms with Crippen molar-refractivity contribution in [3.05, 3.63) is 53.1 Å². The minimum atomic E-state index is -0.0397. The third-order valence-corrected chi connectivity index (χ3v) is 7.35. The van der Waals surface area contributed by atoms with Gasteiger partial charge < -0.3 is 20.3 Å². The van der Waals surface area contributed by atoms with Gasteiger partial charge >= 0.3 is 0 Å². The molecule has 1 amide bonds. The quantitative estimate of drug-likeness (QED) is 0.646. The van der Waals surface area contributed by atoms with Crippen molar-refractivity contribution in [2.75, 3.05) is 43.1 Å². The molecule has 0 saturated carbocycles. The molecule has 32 heavy (non-hydrogen) atoms. The highest BCUT2D eigenvalue weighted by Gasteiger charge is 2.26. The van der Waals surface area contributed by atoms with E-state index in [1.165, 1.54) is 11.3 Å². The van der Waals surface area contributed by atoms with Crippen molar-refractivity contribution in [2.24, 2.45) is 5.92 Å². The Bertz CT molecular complexity index is 1090. The number of thiazole rings is 1. The molecular formula is C24H27ClN4O2S. The molecule has 1 aliphatic carbocycles. The highest BCUT2D eigenvalue weighted by atomic mass is 35.5. The lowest BCUT2D eigenvalue weighted by atomic mass is 9.84. The average molecular weight is 471 g/mol. The zero-order valence-corrected chi connectivity index (χ0v) is 19.4. The summed E-state index contributed by atoms with van der Waals surface area (Å²) in [4.78, 5) is 19.9. The summed E-state index contributed by atoms with van der Waals surface area (Å²) in [5, 5.41) is 7.95. The van der Waals surface area contributed by atoms with E-state index in [9.17, 15) is 4.79 Å². The van der Waals surface area contributed by atoms with Gasteiger partial charge in [0.2, 0.25) is 5.91 Å². The molecule has 0 spiro atoms. The maximum absolute atomic E-state index is 12.9. The number of amides is 1. The Morgan fingerprint density at radius 2 is 2.22 bits per heavy atom. The number of ether oxygens (including phenoxy) is 1. The Morgan fingerprint density at radius 1 is 1.34 bits per heavy atom. The van der Waals surface area contributed by atoms with Crippen LogP contribution in [0.2, 0.25) is 0 Å². The molecule has 1 fully saturated rings. The summed E-state index contributed by atoms with van der Waals surface area (Å²) in [6.07, 6.45) is 10.7. The molecule has 3 heterocycles. The Hall–Kier alpha value is -2.19. The molecule has 2 unspecified atom stereocenters. The van der Waals surface area contributed by atoms with Crippen molar-refractivity contribution in [3.8, 4) is 0 Å². The molecule has 2 atom stereocenters. The smallest absolute Gasteiger partial charge is 0.230 e. The van der Waals surface area contributed by atoms with Crippen LogP contribution in [0.1, 0.15) is 19.3 Å². The summed E-state index contributed by atoms with van der Waals surface area (Å²) < 4.78 is 6.52. The second-order valence-corrected chi connectivity index (χ2v) is 9.80. The van der Waals surface area contributed by atoms with Crippen molar-refractivity contribution in [2.45, 2.75) is 25.3 Å². The van der Waals surface area contributed by atoms with E-state index in [2.05, 4.69) is 56.9 Å². The lowest BCUT2D eigenvalue weighted by molar-refractivity contribution is -0.115. The number of carbonyl (C=O) groups is 1. The van der Waals surface area contributed by atoms with E-state index in [1.807, 2.05) is 6.08 Å². The molecular weight excluding hydrogens is 444 g/mol. The number of morpholine rings is 1. The number of rotatable bonds is 4. The van der Waals surface area contributed by atoms with Gasteiger partial charge in [0.1, 0.15) is 0 Å². The van der Waals surface area contributed by atoms with Crippen LogP contribution in [0, 0.1) is 5.92 Å². The van der Waals surface area contributed by atoms with Gasteiger partial charge in [-0.3, -0.25) is 4.79 Å². The van der Waals surface area contributed by atoms with Gasteiger partial charge in [-0.2, -0.15) is 0 Å². The van der Waals surface area contributed by atoms with E-state index in [0.29, 0.717) is 11.6 Å². The molecule has 0 radical (unpaired) electrons. The van der Waals surface area contributed by atoms with Crippen LogP contribution in [0.15, 0.2) is 53.1 Å². The van der Waals surface area contributed by atoms with Crippen LogP contribution in [0.25, 0.3) is 10.2 Å². The minimum Gasteiger partial charge on any atom is -0.378 e. The number of nitrogens with zero attached hydrogens (tertiary/aromatic N) is 2. The third kappa shape index (κ3) is 4.91. The largest absolute Gasteiger partial charge is 0.378 e. The highest BCUT2D eigenvalue weighted by Crippen LogP contribution is 2.32. The average Bonchev–Trinajstić information content (AvgIpc) is 3.19. The van der Waals surface area contributed by atoms with Crippen LogP contribution in [-0.4, -0.2) is 49.8 Å². The maximum atomic E-state index is 12.9. The van der Waals surface area contributed by atoms with Crippen LogP contribution >= 0.6 is 22.9 Å². The van der Waals surface area contributed by atoms with Gasteiger partial charge in [-0.05, 0) is 43.7 Å². The van der Waals surface area contributed by atoms with Gasteiger partial charge in [0.15, 0.2) is 5.13 Å². The summed E-state index contributed by atoms with van der Waals surface area (Å²) >= 11 is 7.79.